The van der Waals surface area contributed by atoms with E-state index in [-0.39, 0.29) is 6.04 Å². The van der Waals surface area contributed by atoms with Crippen LogP contribution in [-0.2, 0) is 0 Å². The number of rotatable bonds is 7. The van der Waals surface area contributed by atoms with Crippen LogP contribution >= 0.6 is 8.58 Å². The molecule has 0 amide bonds. The fourth-order valence-corrected chi connectivity index (χ4v) is 4.00. The Hall–Kier alpha value is -1.99. The van der Waals surface area contributed by atoms with Crippen LogP contribution in [0.25, 0.3) is 11.1 Å². The van der Waals surface area contributed by atoms with Gasteiger partial charge in [-0.05, 0) is 35.8 Å². The van der Waals surface area contributed by atoms with Crippen molar-refractivity contribution >= 4 is 13.9 Å². The predicted octanol–water partition coefficient (Wildman–Crippen LogP) is 4.64. The highest BCUT2D eigenvalue weighted by atomic mass is 31.1. The van der Waals surface area contributed by atoms with E-state index in [9.17, 15) is 5.11 Å². The van der Waals surface area contributed by atoms with Gasteiger partial charge in [-0.15, -0.1) is 0 Å². The van der Waals surface area contributed by atoms with E-state index in [0.717, 1.165) is 11.8 Å². The number of aliphatic hydroxyl groups excluding tert-OH is 1. The number of benzene rings is 3. The zero-order valence-corrected chi connectivity index (χ0v) is 16.3. The van der Waals surface area contributed by atoms with Gasteiger partial charge in [0.05, 0.1) is 6.10 Å². The largest absolute Gasteiger partial charge is 0.387 e. The lowest BCUT2D eigenvalue weighted by atomic mass is 10.0. The first-order valence-corrected chi connectivity index (χ1v) is 10.2. The standard InChI is InChI=1S/C23H26NOP/c1-17-7-6-10-21(15-17)19-11-13-22(14-12-19)26-16-24-18(2)23(25)20-8-4-3-5-9-20/h3-15,18,23-26H,16H2,1-2H3/t18-,23-/m0/s1. The molecule has 3 aromatic rings. The molecule has 26 heavy (non-hydrogen) atoms. The Morgan fingerprint density at radius 1 is 0.885 bits per heavy atom. The molecule has 0 aromatic heterocycles. The lowest BCUT2D eigenvalue weighted by Gasteiger charge is -2.20. The Labute approximate surface area is 158 Å². The van der Waals surface area contributed by atoms with Gasteiger partial charge in [-0.1, -0.05) is 93.0 Å². The molecule has 0 bridgehead atoms. The molecule has 0 radical (unpaired) electrons. The van der Waals surface area contributed by atoms with Gasteiger partial charge < -0.3 is 10.4 Å². The van der Waals surface area contributed by atoms with Gasteiger partial charge in [-0.2, -0.15) is 0 Å². The smallest absolute Gasteiger partial charge is 0.0940 e. The summed E-state index contributed by atoms with van der Waals surface area (Å²) in [5.74, 6) is 0. The quantitative estimate of drug-likeness (QED) is 0.600. The molecule has 0 aliphatic rings. The average Bonchev–Trinajstić information content (AvgIpc) is 2.68. The first-order valence-electron chi connectivity index (χ1n) is 9.01. The second kappa shape index (κ2) is 9.09. The van der Waals surface area contributed by atoms with Crippen LogP contribution in [0.3, 0.4) is 0 Å². The Kier molecular flexibility index (Phi) is 6.57. The molecule has 0 aliphatic heterocycles. The van der Waals surface area contributed by atoms with Crippen LogP contribution in [0.1, 0.15) is 24.2 Å². The Balaban J connectivity index is 1.52. The number of aliphatic hydroxyl groups is 1. The Morgan fingerprint density at radius 2 is 1.62 bits per heavy atom. The van der Waals surface area contributed by atoms with Gasteiger partial charge in [0, 0.05) is 12.3 Å². The average molecular weight is 363 g/mol. The molecule has 0 saturated carbocycles. The third-order valence-electron chi connectivity index (χ3n) is 4.57. The van der Waals surface area contributed by atoms with Gasteiger partial charge in [-0.3, -0.25) is 0 Å². The van der Waals surface area contributed by atoms with Gasteiger partial charge in [-0.25, -0.2) is 0 Å². The van der Waals surface area contributed by atoms with Crippen molar-refractivity contribution in [2.45, 2.75) is 26.0 Å². The summed E-state index contributed by atoms with van der Waals surface area (Å²) in [6.45, 7) is 4.15. The minimum absolute atomic E-state index is 0.0245. The summed E-state index contributed by atoms with van der Waals surface area (Å²) in [4.78, 5) is 0. The van der Waals surface area contributed by atoms with Crippen LogP contribution in [0.5, 0.6) is 0 Å². The summed E-state index contributed by atoms with van der Waals surface area (Å²) in [7, 11) is 0.677. The number of aryl methyl sites for hydroxylation is 1. The summed E-state index contributed by atoms with van der Waals surface area (Å²) < 4.78 is 0. The second-order valence-electron chi connectivity index (χ2n) is 6.65. The maximum atomic E-state index is 10.4. The van der Waals surface area contributed by atoms with E-state index in [1.807, 2.05) is 37.3 Å². The summed E-state index contributed by atoms with van der Waals surface area (Å²) in [6, 6.07) is 27.2. The molecular formula is C23H26NOP. The minimum atomic E-state index is -0.482. The highest BCUT2D eigenvalue weighted by Gasteiger charge is 2.15. The van der Waals surface area contributed by atoms with E-state index in [1.165, 1.54) is 22.0 Å². The van der Waals surface area contributed by atoms with Gasteiger partial charge in [0.15, 0.2) is 0 Å². The van der Waals surface area contributed by atoms with E-state index < -0.39 is 6.10 Å². The summed E-state index contributed by atoms with van der Waals surface area (Å²) in [5.41, 5.74) is 4.75. The molecular weight excluding hydrogens is 337 g/mol. The highest BCUT2D eigenvalue weighted by molar-refractivity contribution is 7.47. The normalized spacial score (nSPS) is 13.8. The molecule has 0 spiro atoms. The molecule has 0 heterocycles. The molecule has 134 valence electrons. The fourth-order valence-electron chi connectivity index (χ4n) is 2.97. The maximum absolute atomic E-state index is 10.4. The second-order valence-corrected chi connectivity index (χ2v) is 7.93. The summed E-state index contributed by atoms with van der Waals surface area (Å²) in [6.07, 6.45) is 0.388. The summed E-state index contributed by atoms with van der Waals surface area (Å²) in [5, 5.41) is 15.2. The van der Waals surface area contributed by atoms with E-state index in [1.54, 1.807) is 0 Å². The zero-order chi connectivity index (χ0) is 18.4. The van der Waals surface area contributed by atoms with Gasteiger partial charge in [0.1, 0.15) is 0 Å². The molecule has 2 N–H and O–H groups in total. The van der Waals surface area contributed by atoms with Crippen LogP contribution in [-0.4, -0.2) is 17.4 Å². The van der Waals surface area contributed by atoms with Crippen molar-refractivity contribution in [3.63, 3.8) is 0 Å². The molecule has 3 atom stereocenters. The van der Waals surface area contributed by atoms with E-state index >= 15 is 0 Å². The molecule has 0 saturated heterocycles. The highest BCUT2D eigenvalue weighted by Crippen LogP contribution is 2.21. The Morgan fingerprint density at radius 3 is 2.31 bits per heavy atom. The predicted molar refractivity (Wildman–Crippen MR) is 113 cm³/mol. The van der Waals surface area contributed by atoms with Crippen molar-refractivity contribution in [1.82, 2.24) is 5.32 Å². The molecule has 0 aliphatic carbocycles. The minimum Gasteiger partial charge on any atom is -0.387 e. The third-order valence-corrected chi connectivity index (χ3v) is 5.69. The zero-order valence-electron chi connectivity index (χ0n) is 15.3. The van der Waals surface area contributed by atoms with E-state index in [2.05, 4.69) is 60.8 Å². The molecule has 0 fully saturated rings. The van der Waals surface area contributed by atoms with Crippen LogP contribution in [0, 0.1) is 6.92 Å². The lowest BCUT2D eigenvalue weighted by molar-refractivity contribution is 0.139. The van der Waals surface area contributed by atoms with Crippen LogP contribution in [0.15, 0.2) is 78.9 Å². The number of nitrogens with one attached hydrogen (secondary N) is 1. The van der Waals surface area contributed by atoms with Crippen molar-refractivity contribution in [2.24, 2.45) is 0 Å². The fraction of sp³-hybridized carbons (Fsp3) is 0.217. The van der Waals surface area contributed by atoms with Crippen molar-refractivity contribution in [3.05, 3.63) is 90.0 Å². The van der Waals surface area contributed by atoms with Crippen LogP contribution < -0.4 is 10.6 Å². The van der Waals surface area contributed by atoms with Gasteiger partial charge >= 0.3 is 0 Å². The topological polar surface area (TPSA) is 32.3 Å². The third kappa shape index (κ3) is 5.02. The first kappa shape index (κ1) is 18.8. The van der Waals surface area contributed by atoms with E-state index in [4.69, 9.17) is 0 Å². The molecule has 1 unspecified atom stereocenters. The van der Waals surface area contributed by atoms with Crippen LogP contribution in [0.2, 0.25) is 0 Å². The molecule has 3 rings (SSSR count). The van der Waals surface area contributed by atoms with E-state index in [0.29, 0.717) is 8.58 Å². The van der Waals surface area contributed by atoms with Gasteiger partial charge in [0.25, 0.3) is 0 Å². The molecule has 3 aromatic carbocycles. The van der Waals surface area contributed by atoms with Gasteiger partial charge in [0.2, 0.25) is 0 Å². The first-order chi connectivity index (χ1) is 12.6. The van der Waals surface area contributed by atoms with Crippen molar-refractivity contribution in [1.29, 1.82) is 0 Å². The van der Waals surface area contributed by atoms with Crippen molar-refractivity contribution in [3.8, 4) is 11.1 Å². The van der Waals surface area contributed by atoms with Crippen LogP contribution in [0.4, 0.5) is 0 Å². The van der Waals surface area contributed by atoms with Crippen molar-refractivity contribution in [2.75, 3.05) is 6.29 Å². The molecule has 2 nitrogen and oxygen atoms in total. The van der Waals surface area contributed by atoms with Crippen molar-refractivity contribution < 1.29 is 5.11 Å². The number of hydrogen-bond donors (Lipinski definition) is 2. The summed E-state index contributed by atoms with van der Waals surface area (Å²) >= 11 is 0. The lowest BCUT2D eigenvalue weighted by Crippen LogP contribution is -2.32. The maximum Gasteiger partial charge on any atom is 0.0940 e. The Bertz CT molecular complexity index is 817. The SMILES string of the molecule is Cc1cccc(-c2ccc(PCN[C@@H](C)[C@H](O)c3ccccc3)cc2)c1. The monoisotopic (exact) mass is 363 g/mol. The molecule has 3 heteroatoms. The number of hydrogen-bond acceptors (Lipinski definition) is 2.